The van der Waals surface area contributed by atoms with Gasteiger partial charge >= 0.3 is 6.18 Å². The first-order valence-electron chi connectivity index (χ1n) is 6.10. The Kier molecular flexibility index (Phi) is 3.03. The second-order valence-corrected chi connectivity index (χ2v) is 4.55. The molecule has 3 N–H and O–H groups in total. The predicted octanol–water partition coefficient (Wildman–Crippen LogP) is 1.64. The SMILES string of the molecule is NC1(c2nccc(C(F)(F)F)n2)Oc2ccccc2NC1=O. The summed E-state index contributed by atoms with van der Waals surface area (Å²) < 4.78 is 43.5. The van der Waals surface area contributed by atoms with Gasteiger partial charge < -0.3 is 10.1 Å². The molecule has 22 heavy (non-hydrogen) atoms. The lowest BCUT2D eigenvalue weighted by molar-refractivity contribution is -0.143. The summed E-state index contributed by atoms with van der Waals surface area (Å²) in [5.74, 6) is -1.22. The van der Waals surface area contributed by atoms with Crippen LogP contribution >= 0.6 is 0 Å². The van der Waals surface area contributed by atoms with Gasteiger partial charge in [-0.25, -0.2) is 9.97 Å². The number of halogens is 3. The summed E-state index contributed by atoms with van der Waals surface area (Å²) in [6.45, 7) is 0. The number of aromatic nitrogens is 2. The van der Waals surface area contributed by atoms with Crippen LogP contribution in [-0.2, 0) is 16.7 Å². The van der Waals surface area contributed by atoms with Crippen LogP contribution in [0, 0.1) is 0 Å². The van der Waals surface area contributed by atoms with Gasteiger partial charge in [-0.1, -0.05) is 12.1 Å². The number of hydrogen-bond acceptors (Lipinski definition) is 5. The average Bonchev–Trinajstić information content (AvgIpc) is 2.48. The molecule has 1 aliphatic heterocycles. The maximum atomic E-state index is 12.7. The van der Waals surface area contributed by atoms with Crippen LogP contribution in [-0.4, -0.2) is 15.9 Å². The number of rotatable bonds is 1. The fourth-order valence-electron chi connectivity index (χ4n) is 1.94. The van der Waals surface area contributed by atoms with Crippen LogP contribution in [0.2, 0.25) is 0 Å². The van der Waals surface area contributed by atoms with E-state index in [4.69, 9.17) is 10.5 Å². The highest BCUT2D eigenvalue weighted by atomic mass is 19.4. The quantitative estimate of drug-likeness (QED) is 0.835. The Balaban J connectivity index is 2.06. The fraction of sp³-hybridized carbons (Fsp3) is 0.154. The van der Waals surface area contributed by atoms with Crippen LogP contribution in [0.4, 0.5) is 18.9 Å². The first-order chi connectivity index (χ1) is 10.3. The molecular formula is C13H9F3N4O2. The Morgan fingerprint density at radius 3 is 2.68 bits per heavy atom. The largest absolute Gasteiger partial charge is 0.454 e. The molecule has 0 radical (unpaired) electrons. The third-order valence-corrected chi connectivity index (χ3v) is 3.02. The van der Waals surface area contributed by atoms with Crippen LogP contribution in [0.25, 0.3) is 0 Å². The zero-order valence-corrected chi connectivity index (χ0v) is 10.9. The Labute approximate surface area is 122 Å². The van der Waals surface area contributed by atoms with Crippen molar-refractivity contribution >= 4 is 11.6 Å². The standard InChI is InChI=1S/C13H9F3N4O2/c14-13(15,16)9-5-6-18-10(20-9)12(17)11(21)19-7-3-1-2-4-8(7)22-12/h1-6H,17H2,(H,19,21). The molecule has 1 aromatic carbocycles. The normalized spacial score (nSPS) is 20.8. The number of para-hydroxylation sites is 2. The van der Waals surface area contributed by atoms with Crippen molar-refractivity contribution in [2.45, 2.75) is 11.9 Å². The van der Waals surface area contributed by atoms with Gasteiger partial charge in [0, 0.05) is 6.20 Å². The summed E-state index contributed by atoms with van der Waals surface area (Å²) in [5, 5.41) is 2.46. The maximum Gasteiger partial charge on any atom is 0.433 e. The summed E-state index contributed by atoms with van der Waals surface area (Å²) in [6, 6.07) is 7.06. The lowest BCUT2D eigenvalue weighted by Gasteiger charge is -2.32. The molecule has 2 heterocycles. The highest BCUT2D eigenvalue weighted by Crippen LogP contribution is 2.35. The van der Waals surface area contributed by atoms with Crippen molar-refractivity contribution in [2.24, 2.45) is 5.73 Å². The molecule has 0 saturated carbocycles. The van der Waals surface area contributed by atoms with Crippen molar-refractivity contribution < 1.29 is 22.7 Å². The molecule has 0 saturated heterocycles. The lowest BCUT2D eigenvalue weighted by Crippen LogP contribution is -2.56. The molecule has 0 bridgehead atoms. The summed E-state index contributed by atoms with van der Waals surface area (Å²) in [7, 11) is 0. The second-order valence-electron chi connectivity index (χ2n) is 4.55. The van der Waals surface area contributed by atoms with Crippen molar-refractivity contribution in [2.75, 3.05) is 5.32 Å². The summed E-state index contributed by atoms with van der Waals surface area (Å²) in [4.78, 5) is 19.1. The van der Waals surface area contributed by atoms with Crippen LogP contribution in [0.15, 0.2) is 36.5 Å². The lowest BCUT2D eigenvalue weighted by atomic mass is 10.1. The monoisotopic (exact) mass is 310 g/mol. The number of nitrogens with two attached hydrogens (primary N) is 1. The van der Waals surface area contributed by atoms with E-state index in [0.29, 0.717) is 11.8 Å². The van der Waals surface area contributed by atoms with E-state index >= 15 is 0 Å². The van der Waals surface area contributed by atoms with Crippen LogP contribution in [0.5, 0.6) is 5.75 Å². The maximum absolute atomic E-state index is 12.7. The Bertz CT molecular complexity index is 750. The van der Waals surface area contributed by atoms with Gasteiger partial charge in [0.1, 0.15) is 11.4 Å². The van der Waals surface area contributed by atoms with E-state index in [1.807, 2.05) is 0 Å². The van der Waals surface area contributed by atoms with Crippen LogP contribution in [0.1, 0.15) is 11.5 Å². The third kappa shape index (κ3) is 2.25. The van der Waals surface area contributed by atoms with Crippen molar-refractivity contribution in [1.82, 2.24) is 9.97 Å². The Hall–Kier alpha value is -2.68. The predicted molar refractivity (Wildman–Crippen MR) is 68.6 cm³/mol. The summed E-state index contributed by atoms with van der Waals surface area (Å²) in [6.07, 6.45) is -3.81. The molecule has 0 fully saturated rings. The fourth-order valence-corrected chi connectivity index (χ4v) is 1.94. The van der Waals surface area contributed by atoms with Gasteiger partial charge in [-0.05, 0) is 18.2 Å². The van der Waals surface area contributed by atoms with E-state index < -0.39 is 29.3 Å². The van der Waals surface area contributed by atoms with E-state index in [2.05, 4.69) is 15.3 Å². The molecule has 1 atom stereocenters. The molecular weight excluding hydrogens is 301 g/mol. The van der Waals surface area contributed by atoms with Gasteiger partial charge in [-0.15, -0.1) is 0 Å². The number of amides is 1. The molecule has 2 aromatic rings. The van der Waals surface area contributed by atoms with Gasteiger partial charge in [0.05, 0.1) is 5.69 Å². The molecule has 0 spiro atoms. The van der Waals surface area contributed by atoms with E-state index in [1.165, 1.54) is 6.07 Å². The number of hydrogen-bond donors (Lipinski definition) is 2. The van der Waals surface area contributed by atoms with Gasteiger partial charge in [-0.3, -0.25) is 10.5 Å². The van der Waals surface area contributed by atoms with Crippen molar-refractivity contribution in [3.05, 3.63) is 48.0 Å². The highest BCUT2D eigenvalue weighted by Gasteiger charge is 2.46. The zero-order valence-electron chi connectivity index (χ0n) is 10.9. The number of fused-ring (bicyclic) bond motifs is 1. The number of benzene rings is 1. The van der Waals surface area contributed by atoms with Crippen molar-refractivity contribution in [3.63, 3.8) is 0 Å². The summed E-state index contributed by atoms with van der Waals surface area (Å²) in [5.41, 5.74) is 2.73. The van der Waals surface area contributed by atoms with Gasteiger partial charge in [0.2, 0.25) is 0 Å². The second kappa shape index (κ2) is 4.67. The van der Waals surface area contributed by atoms with Crippen LogP contribution < -0.4 is 15.8 Å². The number of alkyl halides is 3. The van der Waals surface area contributed by atoms with Crippen LogP contribution in [0.3, 0.4) is 0 Å². The molecule has 1 unspecified atom stereocenters. The smallest absolute Gasteiger partial charge is 0.433 e. The molecule has 0 aliphatic carbocycles. The number of nitrogens with one attached hydrogen (secondary N) is 1. The van der Waals surface area contributed by atoms with E-state index in [-0.39, 0.29) is 5.75 Å². The van der Waals surface area contributed by atoms with Gasteiger partial charge in [0.15, 0.2) is 5.82 Å². The minimum atomic E-state index is -4.68. The first kappa shape index (κ1) is 14.3. The molecule has 1 amide bonds. The molecule has 6 nitrogen and oxygen atoms in total. The number of carbonyl (C=O) groups is 1. The average molecular weight is 310 g/mol. The highest BCUT2D eigenvalue weighted by molar-refractivity contribution is 6.00. The minimum absolute atomic E-state index is 0.214. The number of nitrogens with zero attached hydrogens (tertiary/aromatic N) is 2. The summed E-state index contributed by atoms with van der Waals surface area (Å²) >= 11 is 0. The topological polar surface area (TPSA) is 90.1 Å². The number of ether oxygens (including phenoxy) is 1. The molecule has 114 valence electrons. The van der Waals surface area contributed by atoms with E-state index in [1.54, 1.807) is 18.2 Å². The first-order valence-corrected chi connectivity index (χ1v) is 6.10. The van der Waals surface area contributed by atoms with E-state index in [0.717, 1.165) is 6.20 Å². The zero-order chi connectivity index (χ0) is 16.0. The minimum Gasteiger partial charge on any atom is -0.454 e. The number of anilines is 1. The Morgan fingerprint density at radius 1 is 1.23 bits per heavy atom. The molecule has 9 heteroatoms. The molecule has 3 rings (SSSR count). The Morgan fingerprint density at radius 2 is 1.95 bits per heavy atom. The molecule has 1 aromatic heterocycles. The third-order valence-electron chi connectivity index (χ3n) is 3.02. The van der Waals surface area contributed by atoms with Gasteiger partial charge in [0.25, 0.3) is 11.6 Å². The van der Waals surface area contributed by atoms with Crippen molar-refractivity contribution in [3.8, 4) is 5.75 Å². The molecule has 1 aliphatic rings. The van der Waals surface area contributed by atoms with Crippen molar-refractivity contribution in [1.29, 1.82) is 0 Å². The number of carbonyl (C=O) groups excluding carboxylic acids is 1. The van der Waals surface area contributed by atoms with Gasteiger partial charge in [-0.2, -0.15) is 13.2 Å². The van der Waals surface area contributed by atoms with E-state index in [9.17, 15) is 18.0 Å².